The van der Waals surface area contributed by atoms with Crippen molar-refractivity contribution in [3.63, 3.8) is 0 Å². The number of carboxylic acid groups (broad SMARTS) is 4. The molecule has 8 N–H and O–H groups in total. The molecule has 4 atom stereocenters. The quantitative estimate of drug-likeness (QED) is 0.0368. The molecule has 1 saturated heterocycles. The van der Waals surface area contributed by atoms with Crippen molar-refractivity contribution in [2.75, 3.05) is 106 Å². The number of unbranched alkanes of at least 4 members (excludes halogenated alkanes) is 13. The average molecular weight is 1020 g/mol. The summed E-state index contributed by atoms with van der Waals surface area (Å²) >= 11 is 0. The third-order valence-corrected chi connectivity index (χ3v) is 11.4. The second-order valence-electron chi connectivity index (χ2n) is 17.2. The van der Waals surface area contributed by atoms with Crippen molar-refractivity contribution in [2.24, 2.45) is 0 Å². The second kappa shape index (κ2) is 38.4. The first kappa shape index (κ1) is 62.2. The smallest absolute Gasteiger partial charge is 0.480 e. The Labute approximate surface area is 407 Å². The van der Waals surface area contributed by atoms with E-state index < -0.39 is 74.5 Å². The number of rotatable bonds is 31. The largest absolute Gasteiger partial charge is 3.00 e. The molecule has 1 heterocycles. The van der Waals surface area contributed by atoms with E-state index in [0.29, 0.717) is 0 Å². The molecule has 0 aromatic rings. The summed E-state index contributed by atoms with van der Waals surface area (Å²) in [6.45, 7) is 2.11. The first-order valence-electron chi connectivity index (χ1n) is 22.7. The number of hydrogen-bond acceptors (Lipinski definition) is 12. The van der Waals surface area contributed by atoms with E-state index in [-0.39, 0.29) is 127 Å². The predicted octanol–water partition coefficient (Wildman–Crippen LogP) is 2.72. The van der Waals surface area contributed by atoms with Crippen LogP contribution in [0, 0.1) is 49.4 Å². The van der Waals surface area contributed by atoms with Gasteiger partial charge in [0, 0.05) is 78.8 Å². The maximum atomic E-state index is 12.0. The molecule has 18 heteroatoms. The molecule has 1 rings (SSSR count). The Morgan fingerprint density at radius 3 is 0.770 bits per heavy atom. The average Bonchev–Trinajstić information content (AvgIpc) is 3.18. The van der Waals surface area contributed by atoms with Crippen LogP contribution >= 0.6 is 0 Å². The standard InChI is InChI=1S/C24H44N4O12.C19H42N.Eu/c29-13-1-17(21(33)34)25-5-7-26(18(2-14-30)22(35)36)9-11-28(20(4-16-32)24(39)40)12-10-27(8-6-25)19(3-15-31)23(37)38;1-5-6-7-8-9-10-11-12-13-14-15-16-17-18-19-20(2,3)4;/h17-20,29-32H,1-16H2,(H,33,34)(H,35,36)(H,37,38)(H,39,40);5-19H2,1-4H3;/q;+1;+3. The molecule has 1 fully saturated rings. The molecule has 61 heavy (non-hydrogen) atoms. The van der Waals surface area contributed by atoms with Gasteiger partial charge >= 0.3 is 73.3 Å². The van der Waals surface area contributed by atoms with Crippen LogP contribution in [0.4, 0.5) is 0 Å². The normalized spacial score (nSPS) is 17.4. The first-order valence-corrected chi connectivity index (χ1v) is 22.7. The number of aliphatic hydroxyl groups excluding tert-OH is 4. The van der Waals surface area contributed by atoms with Crippen LogP contribution in [0.25, 0.3) is 0 Å². The zero-order chi connectivity index (χ0) is 45.3. The summed E-state index contributed by atoms with van der Waals surface area (Å²) in [6, 6.07) is -4.57. The molecule has 0 aromatic heterocycles. The molecule has 0 aromatic carbocycles. The van der Waals surface area contributed by atoms with E-state index in [2.05, 4.69) is 28.1 Å². The molecule has 0 saturated carbocycles. The van der Waals surface area contributed by atoms with Crippen LogP contribution in [-0.2, 0) is 19.2 Å². The summed E-state index contributed by atoms with van der Waals surface area (Å²) in [5.74, 6) is -4.86. The third kappa shape index (κ3) is 30.0. The van der Waals surface area contributed by atoms with Gasteiger partial charge in [0.25, 0.3) is 0 Å². The Hall–Kier alpha value is -0.896. The molecule has 1 aliphatic rings. The van der Waals surface area contributed by atoms with Crippen LogP contribution in [0.2, 0.25) is 0 Å². The molecule has 0 aliphatic carbocycles. The van der Waals surface area contributed by atoms with Crippen molar-refractivity contribution in [1.82, 2.24) is 19.6 Å². The number of nitrogens with zero attached hydrogens (tertiary/aromatic N) is 5. The van der Waals surface area contributed by atoms with E-state index >= 15 is 0 Å². The Morgan fingerprint density at radius 2 is 0.607 bits per heavy atom. The summed E-state index contributed by atoms with van der Waals surface area (Å²) in [7, 11) is 6.88. The summed E-state index contributed by atoms with van der Waals surface area (Å²) in [5, 5.41) is 77.2. The Kier molecular flexibility index (Phi) is 39.1. The molecule has 358 valence electrons. The fourth-order valence-corrected chi connectivity index (χ4v) is 7.84. The monoisotopic (exact) mass is 1020 g/mol. The molecule has 0 bridgehead atoms. The topological polar surface area (TPSA) is 243 Å². The van der Waals surface area contributed by atoms with Gasteiger partial charge in [-0.05, 0) is 38.5 Å². The van der Waals surface area contributed by atoms with Gasteiger partial charge < -0.3 is 45.3 Å². The Morgan fingerprint density at radius 1 is 0.410 bits per heavy atom. The second-order valence-corrected chi connectivity index (χ2v) is 17.2. The number of aliphatic carboxylic acids is 4. The van der Waals surface area contributed by atoms with Crippen LogP contribution in [-0.4, -0.2) is 219 Å². The van der Waals surface area contributed by atoms with E-state index in [1.165, 1.54) is 116 Å². The molecule has 0 spiro atoms. The summed E-state index contributed by atoms with van der Waals surface area (Å²) in [5.41, 5.74) is 0. The third-order valence-electron chi connectivity index (χ3n) is 11.4. The predicted molar refractivity (Wildman–Crippen MR) is 232 cm³/mol. The molecule has 0 radical (unpaired) electrons. The Balaban J connectivity index is 0. The van der Waals surface area contributed by atoms with Crippen LogP contribution in [0.1, 0.15) is 122 Å². The van der Waals surface area contributed by atoms with Crippen molar-refractivity contribution in [3.05, 3.63) is 0 Å². The minimum absolute atomic E-state index is 0. The number of quaternary nitrogens is 1. The number of carboxylic acids is 4. The van der Waals surface area contributed by atoms with E-state index in [0.717, 1.165) is 4.48 Å². The zero-order valence-corrected chi connectivity index (χ0v) is 40.5. The van der Waals surface area contributed by atoms with Crippen molar-refractivity contribution in [1.29, 1.82) is 0 Å². The molecular weight excluding hydrogens is 930 g/mol. The number of carbonyl (C=O) groups is 4. The van der Waals surface area contributed by atoms with Crippen LogP contribution in [0.3, 0.4) is 0 Å². The summed E-state index contributed by atoms with van der Waals surface area (Å²) in [6.07, 6.45) is 19.9. The van der Waals surface area contributed by atoms with Crippen molar-refractivity contribution in [3.8, 4) is 0 Å². The van der Waals surface area contributed by atoms with E-state index in [4.69, 9.17) is 0 Å². The zero-order valence-electron chi connectivity index (χ0n) is 38.1. The fraction of sp³-hybridized carbons (Fsp3) is 0.907. The van der Waals surface area contributed by atoms with Gasteiger partial charge in [0.15, 0.2) is 0 Å². The van der Waals surface area contributed by atoms with Gasteiger partial charge in [-0.1, -0.05) is 84.0 Å². The van der Waals surface area contributed by atoms with E-state index in [1.807, 2.05) is 0 Å². The fourth-order valence-electron chi connectivity index (χ4n) is 7.84. The van der Waals surface area contributed by atoms with Crippen molar-refractivity contribution in [2.45, 2.75) is 147 Å². The van der Waals surface area contributed by atoms with Crippen LogP contribution < -0.4 is 0 Å². The van der Waals surface area contributed by atoms with E-state index in [1.54, 1.807) is 0 Å². The number of hydrogen-bond donors (Lipinski definition) is 8. The van der Waals surface area contributed by atoms with Crippen molar-refractivity contribution < 1.29 is 114 Å². The van der Waals surface area contributed by atoms with Crippen molar-refractivity contribution >= 4 is 23.9 Å². The maximum absolute atomic E-state index is 12.0. The van der Waals surface area contributed by atoms with E-state index in [9.17, 15) is 60.0 Å². The van der Waals surface area contributed by atoms with Gasteiger partial charge in [0.2, 0.25) is 0 Å². The SMILES string of the molecule is CCCCCCCCCCCCCCCC[N+](C)(C)C.O=C(O)C(CCO)N1CCN(C(CCO)C(=O)O)CCN(C(CCO)C(=O)O)CCN(C(CCO)C(=O)O)CC1.[Eu+3]. The molecule has 17 nitrogen and oxygen atoms in total. The molecule has 1 aliphatic heterocycles. The maximum Gasteiger partial charge on any atom is 3.00 e. The summed E-state index contributed by atoms with van der Waals surface area (Å²) in [4.78, 5) is 54.3. The first-order chi connectivity index (χ1) is 28.6. The minimum atomic E-state index is -1.21. The van der Waals surface area contributed by atoms with Gasteiger partial charge in [-0.15, -0.1) is 0 Å². The van der Waals surface area contributed by atoms with Gasteiger partial charge in [0.1, 0.15) is 24.2 Å². The van der Waals surface area contributed by atoms with Gasteiger partial charge in [-0.2, -0.15) is 0 Å². The molecular formula is C43H86EuN5O12+4. The minimum Gasteiger partial charge on any atom is -0.480 e. The van der Waals surface area contributed by atoms with Crippen LogP contribution in [0.15, 0.2) is 0 Å². The van der Waals surface area contributed by atoms with Gasteiger partial charge in [0.05, 0.1) is 27.7 Å². The van der Waals surface area contributed by atoms with Gasteiger partial charge in [-0.3, -0.25) is 38.8 Å². The van der Waals surface area contributed by atoms with Gasteiger partial charge in [-0.25, -0.2) is 0 Å². The Bertz CT molecular complexity index is 994. The number of aliphatic hydroxyl groups is 4. The molecule has 4 unspecified atom stereocenters. The summed E-state index contributed by atoms with van der Waals surface area (Å²) < 4.78 is 1.12. The van der Waals surface area contributed by atoms with Crippen LogP contribution in [0.5, 0.6) is 0 Å². The molecule has 0 amide bonds.